The van der Waals surface area contributed by atoms with Crippen LogP contribution in [0.5, 0.6) is 0 Å². The van der Waals surface area contributed by atoms with Crippen LogP contribution in [0.4, 0.5) is 0 Å². The van der Waals surface area contributed by atoms with Crippen LogP contribution in [0, 0.1) is 11.8 Å². The fourth-order valence-corrected chi connectivity index (χ4v) is 2.82. The fourth-order valence-electron chi connectivity index (χ4n) is 2.82. The molecule has 4 unspecified atom stereocenters. The summed E-state index contributed by atoms with van der Waals surface area (Å²) < 4.78 is 0. The van der Waals surface area contributed by atoms with Crippen molar-refractivity contribution in [2.45, 2.75) is 44.7 Å². The maximum atomic E-state index is 12.1. The van der Waals surface area contributed by atoms with E-state index >= 15 is 0 Å². The monoisotopic (exact) mass is 267 g/mol. The summed E-state index contributed by atoms with van der Waals surface area (Å²) in [5.41, 5.74) is 5.93. The summed E-state index contributed by atoms with van der Waals surface area (Å²) in [7, 11) is 1.44. The zero-order valence-corrected chi connectivity index (χ0v) is 11.4. The van der Waals surface area contributed by atoms with Crippen LogP contribution in [0.15, 0.2) is 0 Å². The summed E-state index contributed by atoms with van der Waals surface area (Å²) in [6.07, 6.45) is 2.40. The molecule has 106 valence electrons. The Morgan fingerprint density at radius 1 is 1.37 bits per heavy atom. The van der Waals surface area contributed by atoms with Crippen LogP contribution >= 0.6 is 0 Å². The number of likely N-dealkylation sites (tertiary alicyclic amines) is 1. The lowest BCUT2D eigenvalue weighted by Gasteiger charge is -2.31. The maximum Gasteiger partial charge on any atom is 0.252 e. The Labute approximate surface area is 112 Å². The number of carbonyl (C=O) groups excluding carboxylic acids is 3. The lowest BCUT2D eigenvalue weighted by molar-refractivity contribution is -0.138. The van der Waals surface area contributed by atoms with Gasteiger partial charge in [0.05, 0.1) is 6.42 Å². The minimum absolute atomic E-state index is 0.0723. The van der Waals surface area contributed by atoms with E-state index in [-0.39, 0.29) is 36.1 Å². The van der Waals surface area contributed by atoms with E-state index in [1.807, 2.05) is 6.92 Å². The van der Waals surface area contributed by atoms with E-state index in [0.29, 0.717) is 5.92 Å². The van der Waals surface area contributed by atoms with Crippen LogP contribution in [0.25, 0.3) is 0 Å². The molecule has 3 N–H and O–H groups in total. The number of nitrogens with two attached hydrogens (primary N) is 1. The minimum atomic E-state index is -0.684. The van der Waals surface area contributed by atoms with Crippen molar-refractivity contribution in [1.82, 2.24) is 10.2 Å². The molecule has 3 amide bonds. The molecule has 6 heteroatoms. The van der Waals surface area contributed by atoms with Gasteiger partial charge in [-0.15, -0.1) is 0 Å². The summed E-state index contributed by atoms with van der Waals surface area (Å²) in [5, 5.41) is 2.70. The fraction of sp³-hybridized carbons (Fsp3) is 0.769. The molecule has 0 spiro atoms. The summed E-state index contributed by atoms with van der Waals surface area (Å²) >= 11 is 0. The van der Waals surface area contributed by atoms with Crippen molar-refractivity contribution in [2.24, 2.45) is 17.6 Å². The largest absolute Gasteiger partial charge is 0.344 e. The number of rotatable bonds is 2. The zero-order valence-electron chi connectivity index (χ0n) is 11.4. The van der Waals surface area contributed by atoms with Crippen LogP contribution in [-0.4, -0.2) is 41.8 Å². The Morgan fingerprint density at radius 3 is 2.58 bits per heavy atom. The normalized spacial score (nSPS) is 35.6. The number of likely N-dealkylation sites (N-methyl/N-ethyl adjacent to an activating group) is 1. The third-order valence-electron chi connectivity index (χ3n) is 4.30. The molecule has 1 aliphatic carbocycles. The Bertz CT molecular complexity index is 410. The second-order valence-electron chi connectivity index (χ2n) is 5.71. The first-order chi connectivity index (χ1) is 8.90. The standard InChI is InChI=1S/C13H21N3O3/c1-7-5-8(3-4-9(7)14)12(18)15-10-6-11(17)16(2)13(10)19/h7-10H,3-6,14H2,1-2H3,(H,15,18). The molecule has 2 fully saturated rings. The lowest BCUT2D eigenvalue weighted by Crippen LogP contribution is -2.46. The number of hydrogen-bond acceptors (Lipinski definition) is 4. The van der Waals surface area contributed by atoms with Gasteiger partial charge in [0, 0.05) is 19.0 Å². The van der Waals surface area contributed by atoms with Gasteiger partial charge in [0.1, 0.15) is 6.04 Å². The Hall–Kier alpha value is -1.43. The number of nitrogens with zero attached hydrogens (tertiary/aromatic N) is 1. The second kappa shape index (κ2) is 5.28. The number of imide groups is 1. The van der Waals surface area contributed by atoms with Crippen molar-refractivity contribution in [1.29, 1.82) is 0 Å². The van der Waals surface area contributed by atoms with E-state index in [0.717, 1.165) is 24.2 Å². The molecule has 4 atom stereocenters. The SMILES string of the molecule is CC1CC(C(=O)NC2CC(=O)N(C)C2=O)CCC1N. The highest BCUT2D eigenvalue weighted by Gasteiger charge is 2.38. The van der Waals surface area contributed by atoms with E-state index in [1.165, 1.54) is 7.05 Å². The van der Waals surface area contributed by atoms with Crippen LogP contribution in [0.1, 0.15) is 32.6 Å². The van der Waals surface area contributed by atoms with E-state index in [9.17, 15) is 14.4 Å². The average Bonchev–Trinajstić information content (AvgIpc) is 2.60. The van der Waals surface area contributed by atoms with Crippen LogP contribution in [0.2, 0.25) is 0 Å². The molecule has 1 aliphatic heterocycles. The van der Waals surface area contributed by atoms with Crippen molar-refractivity contribution < 1.29 is 14.4 Å². The molecular weight excluding hydrogens is 246 g/mol. The molecule has 0 aromatic rings. The lowest BCUT2D eigenvalue weighted by atomic mass is 9.79. The highest BCUT2D eigenvalue weighted by atomic mass is 16.2. The number of carbonyl (C=O) groups is 3. The van der Waals surface area contributed by atoms with Gasteiger partial charge in [-0.1, -0.05) is 6.92 Å². The molecule has 0 radical (unpaired) electrons. The molecule has 1 heterocycles. The third kappa shape index (κ3) is 2.78. The molecule has 19 heavy (non-hydrogen) atoms. The van der Waals surface area contributed by atoms with Crippen molar-refractivity contribution in [3.63, 3.8) is 0 Å². The molecular formula is C13H21N3O3. The van der Waals surface area contributed by atoms with Gasteiger partial charge in [0.15, 0.2) is 0 Å². The van der Waals surface area contributed by atoms with Crippen LogP contribution in [-0.2, 0) is 14.4 Å². The van der Waals surface area contributed by atoms with Crippen molar-refractivity contribution >= 4 is 17.7 Å². The predicted molar refractivity (Wildman–Crippen MR) is 68.8 cm³/mol. The Kier molecular flexibility index (Phi) is 3.89. The molecule has 2 aliphatic rings. The third-order valence-corrected chi connectivity index (χ3v) is 4.30. The van der Waals surface area contributed by atoms with Gasteiger partial charge in [-0.2, -0.15) is 0 Å². The van der Waals surface area contributed by atoms with E-state index in [1.54, 1.807) is 0 Å². The second-order valence-corrected chi connectivity index (χ2v) is 5.71. The van der Waals surface area contributed by atoms with E-state index in [4.69, 9.17) is 5.73 Å². The molecule has 2 rings (SSSR count). The summed E-state index contributed by atoms with van der Waals surface area (Å²) in [4.78, 5) is 36.3. The molecule has 6 nitrogen and oxygen atoms in total. The first-order valence-electron chi connectivity index (χ1n) is 6.76. The maximum absolute atomic E-state index is 12.1. The smallest absolute Gasteiger partial charge is 0.252 e. The van der Waals surface area contributed by atoms with Crippen molar-refractivity contribution in [2.75, 3.05) is 7.05 Å². The topological polar surface area (TPSA) is 92.5 Å². The Balaban J connectivity index is 1.92. The van der Waals surface area contributed by atoms with Gasteiger partial charge >= 0.3 is 0 Å². The van der Waals surface area contributed by atoms with Gasteiger partial charge in [-0.3, -0.25) is 19.3 Å². The highest BCUT2D eigenvalue weighted by Crippen LogP contribution is 2.28. The number of hydrogen-bond donors (Lipinski definition) is 2. The summed E-state index contributed by atoms with van der Waals surface area (Å²) in [6.45, 7) is 2.04. The van der Waals surface area contributed by atoms with Gasteiger partial charge < -0.3 is 11.1 Å². The quantitative estimate of drug-likeness (QED) is 0.667. The van der Waals surface area contributed by atoms with Crippen molar-refractivity contribution in [3.05, 3.63) is 0 Å². The first-order valence-corrected chi connectivity index (χ1v) is 6.76. The molecule has 1 saturated carbocycles. The molecule has 0 aromatic carbocycles. The van der Waals surface area contributed by atoms with Gasteiger partial charge in [-0.25, -0.2) is 0 Å². The predicted octanol–water partition coefficient (Wildman–Crippen LogP) is -0.377. The number of nitrogens with one attached hydrogen (secondary N) is 1. The highest BCUT2D eigenvalue weighted by molar-refractivity contribution is 6.06. The summed E-state index contributed by atoms with van der Waals surface area (Å²) in [6, 6.07) is -0.527. The van der Waals surface area contributed by atoms with Crippen LogP contribution in [0.3, 0.4) is 0 Å². The number of amides is 3. The minimum Gasteiger partial charge on any atom is -0.344 e. The van der Waals surface area contributed by atoms with E-state index < -0.39 is 6.04 Å². The molecule has 1 saturated heterocycles. The Morgan fingerprint density at radius 2 is 2.05 bits per heavy atom. The van der Waals surface area contributed by atoms with Gasteiger partial charge in [-0.05, 0) is 25.2 Å². The van der Waals surface area contributed by atoms with Gasteiger partial charge in [0.2, 0.25) is 11.8 Å². The van der Waals surface area contributed by atoms with E-state index in [2.05, 4.69) is 5.32 Å². The average molecular weight is 267 g/mol. The van der Waals surface area contributed by atoms with Crippen LogP contribution < -0.4 is 11.1 Å². The zero-order chi connectivity index (χ0) is 14.2. The van der Waals surface area contributed by atoms with Crippen molar-refractivity contribution in [3.8, 4) is 0 Å². The molecule has 0 bridgehead atoms. The summed E-state index contributed by atoms with van der Waals surface area (Å²) in [5.74, 6) is -0.467. The molecule has 0 aromatic heterocycles. The first kappa shape index (κ1) is 14.0. The van der Waals surface area contributed by atoms with Gasteiger partial charge in [0.25, 0.3) is 5.91 Å².